The van der Waals surface area contributed by atoms with Gasteiger partial charge < -0.3 is 10.1 Å². The molecule has 2 aromatic carbocycles. The van der Waals surface area contributed by atoms with Crippen LogP contribution < -0.4 is 5.32 Å². The average Bonchev–Trinajstić information content (AvgIpc) is 3.02. The zero-order valence-corrected chi connectivity index (χ0v) is 16.6. The predicted molar refractivity (Wildman–Crippen MR) is 110 cm³/mol. The van der Waals surface area contributed by atoms with Crippen molar-refractivity contribution in [1.82, 2.24) is 3.97 Å². The SMILES string of the molecule is CCOC(=O)c1c(C#CC(=O)Nc2ccccc2)c2ccccc2n1S(C)(=O)=O. The van der Waals surface area contributed by atoms with Gasteiger partial charge in [-0.2, -0.15) is 0 Å². The van der Waals surface area contributed by atoms with E-state index in [1.165, 1.54) is 0 Å². The molecule has 0 fully saturated rings. The Kier molecular flexibility index (Phi) is 5.71. The molecule has 0 saturated carbocycles. The smallest absolute Gasteiger partial charge is 0.357 e. The molecule has 0 aliphatic rings. The van der Waals surface area contributed by atoms with Crippen molar-refractivity contribution in [3.63, 3.8) is 0 Å². The summed E-state index contributed by atoms with van der Waals surface area (Å²) in [7, 11) is -3.84. The zero-order valence-electron chi connectivity index (χ0n) is 15.8. The van der Waals surface area contributed by atoms with Gasteiger partial charge in [-0.05, 0) is 25.1 Å². The highest BCUT2D eigenvalue weighted by Gasteiger charge is 2.27. The lowest BCUT2D eigenvalue weighted by Crippen LogP contribution is -2.19. The summed E-state index contributed by atoms with van der Waals surface area (Å²) in [6.45, 7) is 1.68. The van der Waals surface area contributed by atoms with Crippen LogP contribution >= 0.6 is 0 Å². The summed E-state index contributed by atoms with van der Waals surface area (Å²) in [6.07, 6.45) is 0.988. The first-order valence-corrected chi connectivity index (χ1v) is 10.6. The molecule has 0 saturated heterocycles. The average molecular weight is 410 g/mol. The van der Waals surface area contributed by atoms with E-state index >= 15 is 0 Å². The number of hydrogen-bond acceptors (Lipinski definition) is 5. The molecular weight excluding hydrogens is 392 g/mol. The maximum absolute atomic E-state index is 12.6. The van der Waals surface area contributed by atoms with Crippen LogP contribution in [0.3, 0.4) is 0 Å². The highest BCUT2D eigenvalue weighted by Crippen LogP contribution is 2.28. The number of nitrogens with one attached hydrogen (secondary N) is 1. The van der Waals surface area contributed by atoms with E-state index in [9.17, 15) is 18.0 Å². The fraction of sp³-hybridized carbons (Fsp3) is 0.143. The van der Waals surface area contributed by atoms with Crippen LogP contribution in [0.25, 0.3) is 10.9 Å². The van der Waals surface area contributed by atoms with E-state index in [1.807, 2.05) is 6.07 Å². The predicted octanol–water partition coefficient (Wildman–Crippen LogP) is 2.62. The molecule has 29 heavy (non-hydrogen) atoms. The van der Waals surface area contributed by atoms with E-state index in [-0.39, 0.29) is 23.4 Å². The molecule has 0 aliphatic heterocycles. The Morgan fingerprint density at radius 3 is 2.38 bits per heavy atom. The van der Waals surface area contributed by atoms with Gasteiger partial charge in [-0.25, -0.2) is 17.2 Å². The summed E-state index contributed by atoms with van der Waals surface area (Å²) in [5.74, 6) is 3.66. The third-order valence-electron chi connectivity index (χ3n) is 3.97. The third-order valence-corrected chi connectivity index (χ3v) is 5.01. The molecule has 8 heteroatoms. The summed E-state index contributed by atoms with van der Waals surface area (Å²) in [6, 6.07) is 15.3. The molecule has 3 aromatic rings. The molecule has 0 radical (unpaired) electrons. The highest BCUT2D eigenvalue weighted by molar-refractivity contribution is 7.89. The molecule has 1 amide bonds. The van der Waals surface area contributed by atoms with Crippen LogP contribution in [-0.4, -0.2) is 37.1 Å². The fourth-order valence-electron chi connectivity index (χ4n) is 2.87. The van der Waals surface area contributed by atoms with Crippen molar-refractivity contribution in [3.05, 3.63) is 65.9 Å². The second-order valence-electron chi connectivity index (χ2n) is 6.06. The Hall–Kier alpha value is -3.57. The number of carbonyl (C=O) groups excluding carboxylic acids is 2. The molecule has 3 rings (SSSR count). The topological polar surface area (TPSA) is 94.5 Å². The Morgan fingerprint density at radius 1 is 1.07 bits per heavy atom. The first-order valence-electron chi connectivity index (χ1n) is 8.72. The van der Waals surface area contributed by atoms with Gasteiger partial charge in [-0.1, -0.05) is 42.3 Å². The van der Waals surface area contributed by atoms with Crippen LogP contribution in [0, 0.1) is 11.8 Å². The first-order chi connectivity index (χ1) is 13.8. The van der Waals surface area contributed by atoms with E-state index in [1.54, 1.807) is 55.5 Å². The molecule has 0 bridgehead atoms. The summed E-state index contributed by atoms with van der Waals surface area (Å²) >= 11 is 0. The second-order valence-corrected chi connectivity index (χ2v) is 7.89. The molecule has 0 aliphatic carbocycles. The number of anilines is 1. The van der Waals surface area contributed by atoms with Crippen LogP contribution in [0.4, 0.5) is 5.69 Å². The third kappa shape index (κ3) is 4.31. The van der Waals surface area contributed by atoms with Gasteiger partial charge in [0.15, 0.2) is 5.69 Å². The number of carbonyl (C=O) groups is 2. The minimum absolute atomic E-state index is 0.0610. The summed E-state index contributed by atoms with van der Waals surface area (Å²) < 4.78 is 30.7. The molecule has 7 nitrogen and oxygen atoms in total. The number of esters is 1. The first kappa shape index (κ1) is 20.2. The van der Waals surface area contributed by atoms with Crippen LogP contribution in [0.1, 0.15) is 23.0 Å². The van der Waals surface area contributed by atoms with Crippen molar-refractivity contribution >= 4 is 38.5 Å². The number of benzene rings is 2. The van der Waals surface area contributed by atoms with Crippen molar-refractivity contribution in [3.8, 4) is 11.8 Å². The molecule has 1 aromatic heterocycles. The van der Waals surface area contributed by atoms with Gasteiger partial charge in [0.1, 0.15) is 0 Å². The number of fused-ring (bicyclic) bond motifs is 1. The summed E-state index contributed by atoms with van der Waals surface area (Å²) in [5, 5.41) is 3.05. The Morgan fingerprint density at radius 2 is 1.72 bits per heavy atom. The van der Waals surface area contributed by atoms with E-state index in [4.69, 9.17) is 4.74 Å². The van der Waals surface area contributed by atoms with Gasteiger partial charge in [0.2, 0.25) is 10.0 Å². The zero-order chi connectivity index (χ0) is 21.0. The number of ether oxygens (including phenoxy) is 1. The van der Waals surface area contributed by atoms with Gasteiger partial charge in [0.05, 0.1) is 23.9 Å². The van der Waals surface area contributed by atoms with Gasteiger partial charge in [-0.3, -0.25) is 4.79 Å². The molecule has 0 unspecified atom stereocenters. The lowest BCUT2D eigenvalue weighted by atomic mass is 10.1. The molecule has 0 atom stereocenters. The fourth-order valence-corrected chi connectivity index (χ4v) is 3.88. The van der Waals surface area contributed by atoms with Gasteiger partial charge in [0, 0.05) is 17.0 Å². The standard InChI is InChI=1S/C21H18N2O5S/c1-3-28-21(25)20-17(13-14-19(24)22-15-9-5-4-6-10-15)16-11-7-8-12-18(16)23(20)29(2,26)27/h4-12H,3H2,1-2H3,(H,22,24). The number of nitrogens with zero attached hydrogens (tertiary/aromatic N) is 1. The quantitative estimate of drug-likeness (QED) is 0.527. The van der Waals surface area contributed by atoms with Crippen LogP contribution in [-0.2, 0) is 19.6 Å². The van der Waals surface area contributed by atoms with Gasteiger partial charge in [-0.15, -0.1) is 0 Å². The van der Waals surface area contributed by atoms with E-state index in [0.29, 0.717) is 11.1 Å². The number of para-hydroxylation sites is 2. The number of aromatic nitrogens is 1. The highest BCUT2D eigenvalue weighted by atomic mass is 32.2. The van der Waals surface area contributed by atoms with Gasteiger partial charge in [0.25, 0.3) is 0 Å². The van der Waals surface area contributed by atoms with Gasteiger partial charge >= 0.3 is 11.9 Å². The number of hydrogen-bond donors (Lipinski definition) is 1. The Bertz CT molecular complexity index is 1250. The summed E-state index contributed by atoms with van der Waals surface area (Å²) in [4.78, 5) is 24.8. The number of amides is 1. The number of rotatable bonds is 4. The maximum Gasteiger partial charge on any atom is 0.357 e. The lowest BCUT2D eigenvalue weighted by Gasteiger charge is -2.07. The summed E-state index contributed by atoms with van der Waals surface area (Å²) in [5.41, 5.74) is 0.741. The van der Waals surface area contributed by atoms with Crippen molar-refractivity contribution in [1.29, 1.82) is 0 Å². The largest absolute Gasteiger partial charge is 0.461 e. The van der Waals surface area contributed by atoms with E-state index < -0.39 is 21.9 Å². The van der Waals surface area contributed by atoms with E-state index in [2.05, 4.69) is 17.2 Å². The maximum atomic E-state index is 12.6. The van der Waals surface area contributed by atoms with Crippen molar-refractivity contribution < 1.29 is 22.7 Å². The molecule has 1 N–H and O–H groups in total. The lowest BCUT2D eigenvalue weighted by molar-refractivity contribution is -0.111. The normalized spacial score (nSPS) is 10.8. The van der Waals surface area contributed by atoms with E-state index in [0.717, 1.165) is 10.2 Å². The Labute approximate surface area is 168 Å². The minimum Gasteiger partial charge on any atom is -0.461 e. The Balaban J connectivity index is 2.16. The molecule has 1 heterocycles. The minimum atomic E-state index is -3.84. The second kappa shape index (κ2) is 8.20. The molecule has 0 spiro atoms. The molecule has 148 valence electrons. The van der Waals surface area contributed by atoms with Crippen LogP contribution in [0.15, 0.2) is 54.6 Å². The van der Waals surface area contributed by atoms with Crippen LogP contribution in [0.2, 0.25) is 0 Å². The van der Waals surface area contributed by atoms with Crippen molar-refractivity contribution in [2.75, 3.05) is 18.2 Å². The van der Waals surface area contributed by atoms with Crippen LogP contribution in [0.5, 0.6) is 0 Å². The van der Waals surface area contributed by atoms with Crippen molar-refractivity contribution in [2.45, 2.75) is 6.92 Å². The van der Waals surface area contributed by atoms with Crippen molar-refractivity contribution in [2.24, 2.45) is 0 Å². The monoisotopic (exact) mass is 410 g/mol. The molecular formula is C21H18N2O5S.